The number of thiophene rings is 1. The quantitative estimate of drug-likeness (QED) is 0.846. The maximum Gasteiger partial charge on any atom is 0.307 e. The first-order valence-electron chi connectivity index (χ1n) is 6.37. The molecule has 0 radical (unpaired) electrons. The topological polar surface area (TPSA) is 55.4 Å². The third-order valence-electron chi connectivity index (χ3n) is 2.97. The van der Waals surface area contributed by atoms with E-state index in [9.17, 15) is 14.0 Å². The van der Waals surface area contributed by atoms with Gasteiger partial charge in [0, 0.05) is 4.88 Å². The molecule has 4 nitrogen and oxygen atoms in total. The molecule has 1 atom stereocenters. The number of esters is 1. The van der Waals surface area contributed by atoms with E-state index in [1.165, 1.54) is 24.5 Å². The minimum Gasteiger partial charge on any atom is -0.469 e. The molecule has 1 heterocycles. The third-order valence-corrected chi connectivity index (χ3v) is 4.26. The van der Waals surface area contributed by atoms with E-state index in [4.69, 9.17) is 11.6 Å². The number of hydrogen-bond acceptors (Lipinski definition) is 4. The molecule has 2 rings (SSSR count). The van der Waals surface area contributed by atoms with Crippen LogP contribution in [0.4, 0.5) is 4.39 Å². The molecular formula is C15H13ClFNO3S. The Balaban J connectivity index is 2.19. The lowest BCUT2D eigenvalue weighted by Crippen LogP contribution is -2.30. The van der Waals surface area contributed by atoms with Crippen LogP contribution < -0.4 is 5.32 Å². The van der Waals surface area contributed by atoms with Gasteiger partial charge in [-0.15, -0.1) is 11.3 Å². The maximum atomic E-state index is 13.0. The molecule has 0 saturated heterocycles. The average Bonchev–Trinajstić information content (AvgIpc) is 3.00. The first kappa shape index (κ1) is 16.5. The summed E-state index contributed by atoms with van der Waals surface area (Å²) < 4.78 is 17.7. The van der Waals surface area contributed by atoms with Crippen LogP contribution in [0.5, 0.6) is 0 Å². The number of benzene rings is 1. The van der Waals surface area contributed by atoms with E-state index in [0.717, 1.165) is 17.0 Å². The Morgan fingerprint density at radius 1 is 1.41 bits per heavy atom. The number of halogens is 2. The van der Waals surface area contributed by atoms with Gasteiger partial charge in [0.05, 0.1) is 30.2 Å². The summed E-state index contributed by atoms with van der Waals surface area (Å²) in [7, 11) is 1.28. The smallest absolute Gasteiger partial charge is 0.307 e. The van der Waals surface area contributed by atoms with E-state index in [2.05, 4.69) is 10.1 Å². The van der Waals surface area contributed by atoms with Gasteiger partial charge in [-0.3, -0.25) is 9.59 Å². The van der Waals surface area contributed by atoms with E-state index in [1.54, 1.807) is 0 Å². The van der Waals surface area contributed by atoms with Crippen LogP contribution in [0, 0.1) is 5.82 Å². The fraction of sp³-hybridized carbons (Fsp3) is 0.200. The van der Waals surface area contributed by atoms with Crippen LogP contribution in [-0.2, 0) is 9.53 Å². The van der Waals surface area contributed by atoms with Gasteiger partial charge in [-0.1, -0.05) is 17.7 Å². The Morgan fingerprint density at radius 3 is 2.77 bits per heavy atom. The molecule has 1 aromatic carbocycles. The second-order valence-corrected chi connectivity index (χ2v) is 5.83. The standard InChI is InChI=1S/C15H13ClFNO3S/c1-21-14(19)8-12(13-3-2-6-22-13)18-15(20)10-5-4-9(17)7-11(10)16/h2-7,12H,8H2,1H3,(H,18,20). The van der Waals surface area contributed by atoms with Crippen molar-refractivity contribution < 1.29 is 18.7 Å². The molecule has 1 amide bonds. The number of amides is 1. The zero-order chi connectivity index (χ0) is 16.1. The van der Waals surface area contributed by atoms with Crippen molar-refractivity contribution in [1.82, 2.24) is 5.32 Å². The number of carbonyl (C=O) groups excluding carboxylic acids is 2. The molecular weight excluding hydrogens is 329 g/mol. The van der Waals surface area contributed by atoms with Gasteiger partial charge >= 0.3 is 5.97 Å². The Hall–Kier alpha value is -1.92. The monoisotopic (exact) mass is 341 g/mol. The van der Waals surface area contributed by atoms with Crippen LogP contribution in [0.3, 0.4) is 0 Å². The molecule has 1 N–H and O–H groups in total. The number of ether oxygens (including phenoxy) is 1. The Kier molecular flexibility index (Phi) is 5.51. The number of rotatable bonds is 5. The van der Waals surface area contributed by atoms with Gasteiger partial charge in [0.25, 0.3) is 5.91 Å². The van der Waals surface area contributed by atoms with Crippen LogP contribution in [0.25, 0.3) is 0 Å². The summed E-state index contributed by atoms with van der Waals surface area (Å²) in [4.78, 5) is 24.6. The second kappa shape index (κ2) is 7.38. The highest BCUT2D eigenvalue weighted by Crippen LogP contribution is 2.24. The fourth-order valence-corrected chi connectivity index (χ4v) is 2.90. The van der Waals surface area contributed by atoms with E-state index in [0.29, 0.717) is 0 Å². The van der Waals surface area contributed by atoms with Crippen molar-refractivity contribution in [3.63, 3.8) is 0 Å². The van der Waals surface area contributed by atoms with Crippen molar-refractivity contribution in [2.24, 2.45) is 0 Å². The van der Waals surface area contributed by atoms with E-state index in [-0.39, 0.29) is 17.0 Å². The molecule has 116 valence electrons. The van der Waals surface area contributed by atoms with Crippen LogP contribution in [0.1, 0.15) is 27.7 Å². The maximum absolute atomic E-state index is 13.0. The van der Waals surface area contributed by atoms with Crippen LogP contribution in [0.2, 0.25) is 5.02 Å². The summed E-state index contributed by atoms with van der Waals surface area (Å²) in [5, 5.41) is 4.58. The zero-order valence-electron chi connectivity index (χ0n) is 11.6. The predicted molar refractivity (Wildman–Crippen MR) is 82.6 cm³/mol. The Morgan fingerprint density at radius 2 is 2.18 bits per heavy atom. The van der Waals surface area contributed by atoms with E-state index in [1.807, 2.05) is 17.5 Å². The highest BCUT2D eigenvalue weighted by Gasteiger charge is 2.21. The molecule has 0 fully saturated rings. The SMILES string of the molecule is COC(=O)CC(NC(=O)c1ccc(F)cc1Cl)c1cccs1. The van der Waals surface area contributed by atoms with Crippen LogP contribution in [0.15, 0.2) is 35.7 Å². The molecule has 0 aliphatic heterocycles. The zero-order valence-corrected chi connectivity index (χ0v) is 13.2. The van der Waals surface area contributed by atoms with Crippen molar-refractivity contribution in [3.05, 3.63) is 57.0 Å². The van der Waals surface area contributed by atoms with E-state index < -0.39 is 23.7 Å². The van der Waals surface area contributed by atoms with Crippen molar-refractivity contribution in [3.8, 4) is 0 Å². The normalized spacial score (nSPS) is 11.8. The summed E-state index contributed by atoms with van der Waals surface area (Å²) in [5.74, 6) is -1.44. The summed E-state index contributed by atoms with van der Waals surface area (Å²) >= 11 is 7.29. The van der Waals surface area contributed by atoms with Gasteiger partial charge in [0.2, 0.25) is 0 Å². The van der Waals surface area contributed by atoms with Gasteiger partial charge < -0.3 is 10.1 Å². The lowest BCUT2D eigenvalue weighted by atomic mass is 10.1. The number of hydrogen-bond donors (Lipinski definition) is 1. The molecule has 0 aliphatic carbocycles. The molecule has 0 saturated carbocycles. The van der Waals surface area contributed by atoms with Crippen molar-refractivity contribution in [2.75, 3.05) is 7.11 Å². The molecule has 1 aromatic heterocycles. The molecule has 7 heteroatoms. The van der Waals surface area contributed by atoms with Crippen molar-refractivity contribution >= 4 is 34.8 Å². The van der Waals surface area contributed by atoms with Crippen molar-refractivity contribution in [2.45, 2.75) is 12.5 Å². The highest BCUT2D eigenvalue weighted by molar-refractivity contribution is 7.10. The molecule has 2 aromatic rings. The number of nitrogens with one attached hydrogen (secondary N) is 1. The van der Waals surface area contributed by atoms with Crippen LogP contribution >= 0.6 is 22.9 Å². The molecule has 1 unspecified atom stereocenters. The second-order valence-electron chi connectivity index (χ2n) is 4.45. The Bertz CT molecular complexity index is 675. The molecule has 0 bridgehead atoms. The first-order chi connectivity index (χ1) is 10.5. The lowest BCUT2D eigenvalue weighted by Gasteiger charge is -2.17. The van der Waals surface area contributed by atoms with Gasteiger partial charge in [0.15, 0.2) is 0 Å². The highest BCUT2D eigenvalue weighted by atomic mass is 35.5. The largest absolute Gasteiger partial charge is 0.469 e. The first-order valence-corrected chi connectivity index (χ1v) is 7.63. The average molecular weight is 342 g/mol. The van der Waals surface area contributed by atoms with Gasteiger partial charge in [-0.25, -0.2) is 4.39 Å². The van der Waals surface area contributed by atoms with Gasteiger partial charge in [-0.05, 0) is 29.6 Å². The predicted octanol–water partition coefficient (Wildman–Crippen LogP) is 3.57. The van der Waals surface area contributed by atoms with Gasteiger partial charge in [-0.2, -0.15) is 0 Å². The van der Waals surface area contributed by atoms with Gasteiger partial charge in [0.1, 0.15) is 5.82 Å². The number of carbonyl (C=O) groups is 2. The fourth-order valence-electron chi connectivity index (χ4n) is 1.87. The lowest BCUT2D eigenvalue weighted by molar-refractivity contribution is -0.141. The van der Waals surface area contributed by atoms with E-state index >= 15 is 0 Å². The van der Waals surface area contributed by atoms with Crippen LogP contribution in [-0.4, -0.2) is 19.0 Å². The number of methoxy groups -OCH3 is 1. The minimum absolute atomic E-state index is 0.00155. The summed E-state index contributed by atoms with van der Waals surface area (Å²) in [5.41, 5.74) is 0.148. The third kappa shape index (κ3) is 4.05. The molecule has 0 spiro atoms. The summed E-state index contributed by atoms with van der Waals surface area (Å²) in [6.07, 6.45) is 0.00155. The summed E-state index contributed by atoms with van der Waals surface area (Å²) in [6.45, 7) is 0. The summed E-state index contributed by atoms with van der Waals surface area (Å²) in [6, 6.07) is 6.63. The minimum atomic E-state index is -0.527. The Labute approximate surface area is 135 Å². The molecule has 22 heavy (non-hydrogen) atoms. The molecule has 0 aliphatic rings. The van der Waals surface area contributed by atoms with Crippen molar-refractivity contribution in [1.29, 1.82) is 0 Å².